The van der Waals surface area contributed by atoms with E-state index in [1.165, 1.54) is 0 Å². The number of halogens is 1. The van der Waals surface area contributed by atoms with Crippen LogP contribution in [0.5, 0.6) is 5.88 Å². The van der Waals surface area contributed by atoms with Crippen molar-refractivity contribution in [1.29, 1.82) is 0 Å². The van der Waals surface area contributed by atoms with Gasteiger partial charge in [-0.05, 0) is 70.0 Å². The summed E-state index contributed by atoms with van der Waals surface area (Å²) in [6, 6.07) is 10.1. The van der Waals surface area contributed by atoms with Crippen molar-refractivity contribution in [2.24, 2.45) is 5.92 Å². The van der Waals surface area contributed by atoms with Crippen molar-refractivity contribution in [2.45, 2.75) is 52.2 Å². The third-order valence-electron chi connectivity index (χ3n) is 5.40. The van der Waals surface area contributed by atoms with E-state index >= 15 is 0 Å². The Morgan fingerprint density at radius 2 is 2.00 bits per heavy atom. The molecule has 2 amide bonds. The molecule has 3 rings (SSSR count). The predicted octanol–water partition coefficient (Wildman–Crippen LogP) is 4.53. The molecule has 0 fully saturated rings. The number of fused-ring (bicyclic) bond motifs is 1. The van der Waals surface area contributed by atoms with Crippen LogP contribution in [0, 0.1) is 5.92 Å². The van der Waals surface area contributed by atoms with Crippen molar-refractivity contribution in [1.82, 2.24) is 10.3 Å². The van der Waals surface area contributed by atoms with Gasteiger partial charge >= 0.3 is 0 Å². The molecule has 31 heavy (non-hydrogen) atoms. The first-order chi connectivity index (χ1) is 14.6. The van der Waals surface area contributed by atoms with Gasteiger partial charge in [0.2, 0.25) is 11.8 Å². The zero-order valence-corrected chi connectivity index (χ0v) is 19.3. The summed E-state index contributed by atoms with van der Waals surface area (Å²) in [7, 11) is 1.71. The zero-order chi connectivity index (χ0) is 22.8. The van der Waals surface area contributed by atoms with Crippen LogP contribution >= 0.6 is 11.6 Å². The van der Waals surface area contributed by atoms with Crippen LogP contribution in [0.2, 0.25) is 5.02 Å². The Bertz CT molecular complexity index is 981. The highest BCUT2D eigenvalue weighted by atomic mass is 35.5. The highest BCUT2D eigenvalue weighted by Gasteiger charge is 2.46. The molecule has 2 heterocycles. The van der Waals surface area contributed by atoms with Crippen LogP contribution in [0.1, 0.15) is 40.5 Å². The lowest BCUT2D eigenvalue weighted by Gasteiger charge is -2.40. The first kappa shape index (κ1) is 23.0. The molecule has 0 unspecified atom stereocenters. The number of carbonyl (C=O) groups is 2. The number of rotatable bonds is 7. The van der Waals surface area contributed by atoms with E-state index in [2.05, 4.69) is 29.5 Å². The van der Waals surface area contributed by atoms with Gasteiger partial charge in [0.15, 0.2) is 5.60 Å². The fourth-order valence-corrected chi connectivity index (χ4v) is 3.49. The molecule has 0 saturated carbocycles. The fourth-order valence-electron chi connectivity index (χ4n) is 3.31. The van der Waals surface area contributed by atoms with Gasteiger partial charge in [0.05, 0.1) is 11.7 Å². The lowest BCUT2D eigenvalue weighted by atomic mass is 9.92. The van der Waals surface area contributed by atoms with Gasteiger partial charge in [-0.3, -0.25) is 14.5 Å². The van der Waals surface area contributed by atoms with Crippen molar-refractivity contribution in [2.75, 3.05) is 17.3 Å². The molecule has 2 N–H and O–H groups in total. The SMILES string of the molecule is CN[C@@H](C)C(=O)Nc1ccc2c(n1)O[C@](C)(CCC(C)C)C(=O)N2c1cccc(Cl)c1. The molecule has 1 aliphatic heterocycles. The van der Waals surface area contributed by atoms with Crippen LogP contribution in [0.3, 0.4) is 0 Å². The second-order valence-electron chi connectivity index (χ2n) is 8.41. The number of benzene rings is 1. The molecule has 1 aliphatic rings. The molecule has 0 spiro atoms. The number of pyridine rings is 1. The molecule has 166 valence electrons. The standard InChI is InChI=1S/C23H29ClN4O3/c1-14(2)11-12-23(4)22(30)28(17-8-6-7-16(24)13-17)18-9-10-19(27-21(18)31-23)26-20(29)15(3)25-5/h6-10,13-15,25H,11-12H2,1-5H3,(H,26,27,29)/t15-,23+/m0/s1. The number of anilines is 3. The molecular weight excluding hydrogens is 416 g/mol. The van der Waals surface area contributed by atoms with Gasteiger partial charge in [-0.2, -0.15) is 4.98 Å². The third kappa shape index (κ3) is 4.99. The quantitative estimate of drug-likeness (QED) is 0.655. The van der Waals surface area contributed by atoms with E-state index in [1.807, 2.05) is 6.07 Å². The normalized spacial score (nSPS) is 19.1. The summed E-state index contributed by atoms with van der Waals surface area (Å²) in [5, 5.41) is 6.20. The second-order valence-corrected chi connectivity index (χ2v) is 8.84. The molecule has 0 radical (unpaired) electrons. The molecular formula is C23H29ClN4O3. The maximum atomic E-state index is 13.6. The molecule has 0 aliphatic carbocycles. The van der Waals surface area contributed by atoms with Gasteiger partial charge in [0, 0.05) is 5.02 Å². The minimum absolute atomic E-state index is 0.176. The van der Waals surface area contributed by atoms with E-state index in [-0.39, 0.29) is 17.9 Å². The van der Waals surface area contributed by atoms with Gasteiger partial charge in [-0.25, -0.2) is 0 Å². The monoisotopic (exact) mass is 444 g/mol. The first-order valence-electron chi connectivity index (χ1n) is 10.4. The first-order valence-corrected chi connectivity index (χ1v) is 10.8. The van der Waals surface area contributed by atoms with Crippen molar-refractivity contribution in [3.05, 3.63) is 41.4 Å². The number of aromatic nitrogens is 1. The number of nitrogens with zero attached hydrogens (tertiary/aromatic N) is 2. The molecule has 2 aromatic rings. The van der Waals surface area contributed by atoms with E-state index in [4.69, 9.17) is 16.3 Å². The average Bonchev–Trinajstić information content (AvgIpc) is 2.72. The van der Waals surface area contributed by atoms with Gasteiger partial charge in [-0.1, -0.05) is 31.5 Å². The van der Waals surface area contributed by atoms with E-state index in [0.29, 0.717) is 40.4 Å². The van der Waals surface area contributed by atoms with Gasteiger partial charge in [0.1, 0.15) is 11.5 Å². The van der Waals surface area contributed by atoms with Crippen LogP contribution in [0.4, 0.5) is 17.2 Å². The minimum atomic E-state index is -1.09. The zero-order valence-electron chi connectivity index (χ0n) is 18.5. The molecule has 7 nitrogen and oxygen atoms in total. The molecule has 2 atom stereocenters. The summed E-state index contributed by atoms with van der Waals surface area (Å²) in [6.07, 6.45) is 1.35. The predicted molar refractivity (Wildman–Crippen MR) is 123 cm³/mol. The van der Waals surface area contributed by atoms with Crippen LogP contribution in [-0.2, 0) is 9.59 Å². The van der Waals surface area contributed by atoms with Crippen molar-refractivity contribution in [3.8, 4) is 5.88 Å². The molecule has 0 bridgehead atoms. The molecule has 1 aromatic carbocycles. The van der Waals surface area contributed by atoms with Crippen LogP contribution in [0.15, 0.2) is 36.4 Å². The number of hydrogen-bond donors (Lipinski definition) is 2. The Labute approximate surface area is 188 Å². The fraction of sp³-hybridized carbons (Fsp3) is 0.435. The maximum Gasteiger partial charge on any atom is 0.275 e. The van der Waals surface area contributed by atoms with E-state index in [9.17, 15) is 9.59 Å². The van der Waals surface area contributed by atoms with Gasteiger partial charge in [0.25, 0.3) is 5.91 Å². The summed E-state index contributed by atoms with van der Waals surface area (Å²) in [5.41, 5.74) is 0.0576. The van der Waals surface area contributed by atoms with E-state index < -0.39 is 5.60 Å². The summed E-state index contributed by atoms with van der Waals surface area (Å²) in [6.45, 7) is 7.75. The number of nitrogens with one attached hydrogen (secondary N) is 2. The number of amides is 2. The van der Waals surface area contributed by atoms with Crippen LogP contribution in [0.25, 0.3) is 0 Å². The second kappa shape index (κ2) is 9.24. The molecule has 1 aromatic heterocycles. The summed E-state index contributed by atoms with van der Waals surface area (Å²) in [5.74, 6) is 0.676. The lowest BCUT2D eigenvalue weighted by Crippen LogP contribution is -2.53. The Kier molecular flexibility index (Phi) is 6.86. The summed E-state index contributed by atoms with van der Waals surface area (Å²) < 4.78 is 6.17. The topological polar surface area (TPSA) is 83.6 Å². The Hall–Kier alpha value is -2.64. The third-order valence-corrected chi connectivity index (χ3v) is 5.64. The van der Waals surface area contributed by atoms with Crippen molar-refractivity contribution >= 4 is 40.6 Å². The van der Waals surface area contributed by atoms with E-state index in [1.54, 1.807) is 56.1 Å². The highest BCUT2D eigenvalue weighted by Crippen LogP contribution is 2.43. The summed E-state index contributed by atoms with van der Waals surface area (Å²) in [4.78, 5) is 31.9. The number of ether oxygens (including phenoxy) is 1. The van der Waals surface area contributed by atoms with Crippen molar-refractivity contribution in [3.63, 3.8) is 0 Å². The van der Waals surface area contributed by atoms with Crippen molar-refractivity contribution < 1.29 is 14.3 Å². The average molecular weight is 445 g/mol. The van der Waals surface area contributed by atoms with Gasteiger partial charge < -0.3 is 15.4 Å². The minimum Gasteiger partial charge on any atom is -0.460 e. The molecule has 8 heteroatoms. The highest BCUT2D eigenvalue weighted by molar-refractivity contribution is 6.31. The van der Waals surface area contributed by atoms with Crippen LogP contribution in [-0.4, -0.2) is 35.5 Å². The maximum absolute atomic E-state index is 13.6. The Morgan fingerprint density at radius 1 is 1.26 bits per heavy atom. The number of hydrogen-bond acceptors (Lipinski definition) is 5. The van der Waals surface area contributed by atoms with Crippen LogP contribution < -0.4 is 20.3 Å². The van der Waals surface area contributed by atoms with Gasteiger partial charge in [-0.15, -0.1) is 0 Å². The lowest BCUT2D eigenvalue weighted by molar-refractivity contribution is -0.134. The number of carbonyl (C=O) groups excluding carboxylic acids is 2. The van der Waals surface area contributed by atoms with E-state index in [0.717, 1.165) is 6.42 Å². The molecule has 0 saturated heterocycles. The largest absolute Gasteiger partial charge is 0.460 e. The smallest absolute Gasteiger partial charge is 0.275 e. The summed E-state index contributed by atoms with van der Waals surface area (Å²) >= 11 is 6.20. The Morgan fingerprint density at radius 3 is 2.65 bits per heavy atom. The number of likely N-dealkylation sites (N-methyl/N-ethyl adjacent to an activating group) is 1. The Balaban J connectivity index is 2.04.